The van der Waals surface area contributed by atoms with Gasteiger partial charge in [0.25, 0.3) is 0 Å². The van der Waals surface area contributed by atoms with Crippen molar-refractivity contribution in [1.82, 2.24) is 0 Å². The second kappa shape index (κ2) is 18.6. The first-order valence-corrected chi connectivity index (χ1v) is 24.7. The Morgan fingerprint density at radius 3 is 2.27 bits per heavy atom. The predicted molar refractivity (Wildman–Crippen MR) is 279 cm³/mol. The van der Waals surface area contributed by atoms with Crippen LogP contribution in [0.2, 0.25) is 0 Å². The lowest BCUT2D eigenvalue weighted by molar-refractivity contribution is 0.242. The van der Waals surface area contributed by atoms with Gasteiger partial charge >= 0.3 is 0 Å². The third-order valence-corrected chi connectivity index (χ3v) is 15.6. The molecule has 1 saturated carbocycles. The minimum Gasteiger partial charge on any atom is -0.318 e. The van der Waals surface area contributed by atoms with Crippen LogP contribution in [0, 0.1) is 29.6 Å². The lowest BCUT2D eigenvalue weighted by atomic mass is 9.37. The topological polar surface area (TPSA) is 6.48 Å². The quantitative estimate of drug-likeness (QED) is 0.118. The SMILES string of the molecule is C=CCC(C)(C)CCC(C)(C)C/C=C/N1/C(=C/C(=C)C)C2=CN(c3cc(C(C)CC)c(CC)cc3C)C(/C=C3\C(=C)C(C)CCC3C)=CB2c2c1sc1ccc(C(C)(C)C)cc21. The average molecular weight is 847 g/mol. The number of fused-ring (bicyclic) bond motifs is 5. The molecule has 6 rings (SSSR count). The first kappa shape index (κ1) is 47.5. The summed E-state index contributed by atoms with van der Waals surface area (Å²) in [6.45, 7) is 46.2. The molecule has 4 heteroatoms. The van der Waals surface area contributed by atoms with Crippen LogP contribution in [-0.2, 0) is 11.8 Å². The Morgan fingerprint density at radius 1 is 0.968 bits per heavy atom. The molecule has 0 amide bonds. The number of rotatable bonds is 14. The van der Waals surface area contributed by atoms with Crippen LogP contribution in [0.3, 0.4) is 0 Å². The summed E-state index contributed by atoms with van der Waals surface area (Å²) in [6, 6.07) is 12.2. The van der Waals surface area contributed by atoms with Gasteiger partial charge in [-0.2, -0.15) is 0 Å². The Morgan fingerprint density at radius 2 is 1.65 bits per heavy atom. The fourth-order valence-electron chi connectivity index (χ4n) is 9.85. The number of hydrogen-bond acceptors (Lipinski definition) is 3. The molecule has 1 fully saturated rings. The van der Waals surface area contributed by atoms with Crippen molar-refractivity contribution in [2.24, 2.45) is 22.7 Å². The Kier molecular flexibility index (Phi) is 14.2. The fraction of sp³-hybridized carbons (Fsp3) is 0.483. The highest BCUT2D eigenvalue weighted by molar-refractivity contribution is 7.25. The number of aryl methyl sites for hydroxylation is 2. The summed E-state index contributed by atoms with van der Waals surface area (Å²) in [5.74, 6) is 4.02. The van der Waals surface area contributed by atoms with Gasteiger partial charge in [-0.25, -0.2) is 0 Å². The van der Waals surface area contributed by atoms with Gasteiger partial charge in [0.2, 0.25) is 6.71 Å². The van der Waals surface area contributed by atoms with Crippen molar-refractivity contribution < 1.29 is 0 Å². The molecule has 62 heavy (non-hydrogen) atoms. The van der Waals surface area contributed by atoms with Gasteiger partial charge in [-0.3, -0.25) is 0 Å². The number of anilines is 2. The van der Waals surface area contributed by atoms with E-state index in [0.29, 0.717) is 17.8 Å². The van der Waals surface area contributed by atoms with Crippen LogP contribution in [-0.4, -0.2) is 6.71 Å². The number of thiophene rings is 1. The van der Waals surface area contributed by atoms with Gasteiger partial charge < -0.3 is 9.80 Å². The van der Waals surface area contributed by atoms with Gasteiger partial charge in [0.1, 0.15) is 0 Å². The van der Waals surface area contributed by atoms with Crippen molar-refractivity contribution in [3.63, 3.8) is 0 Å². The molecule has 3 atom stereocenters. The third kappa shape index (κ3) is 10.0. The number of nitrogens with zero attached hydrogens (tertiary/aromatic N) is 2. The smallest absolute Gasteiger partial charge is 0.245 e. The molecule has 0 radical (unpaired) electrons. The second-order valence-corrected chi connectivity index (χ2v) is 23.0. The van der Waals surface area contributed by atoms with Crippen molar-refractivity contribution in [1.29, 1.82) is 0 Å². The zero-order chi connectivity index (χ0) is 45.5. The van der Waals surface area contributed by atoms with E-state index in [0.717, 1.165) is 31.3 Å². The van der Waals surface area contributed by atoms with Gasteiger partial charge in [-0.15, -0.1) is 17.9 Å². The predicted octanol–water partition coefficient (Wildman–Crippen LogP) is 16.8. The van der Waals surface area contributed by atoms with E-state index >= 15 is 0 Å². The van der Waals surface area contributed by atoms with Crippen LogP contribution >= 0.6 is 11.3 Å². The van der Waals surface area contributed by atoms with Crippen LogP contribution < -0.4 is 15.3 Å². The molecule has 2 aromatic carbocycles. The van der Waals surface area contributed by atoms with Crippen LogP contribution in [0.15, 0.2) is 126 Å². The minimum absolute atomic E-state index is 0.0330. The zero-order valence-corrected chi connectivity index (χ0v) is 42.1. The van der Waals surface area contributed by atoms with Crippen molar-refractivity contribution in [3.05, 3.63) is 149 Å². The molecule has 0 saturated heterocycles. The van der Waals surface area contributed by atoms with Crippen molar-refractivity contribution in [2.75, 3.05) is 9.80 Å². The van der Waals surface area contributed by atoms with Gasteiger partial charge in [0.05, 0.1) is 5.00 Å². The number of allylic oxidation sites excluding steroid dienone is 8. The minimum atomic E-state index is 0.0330. The molecule has 0 spiro atoms. The van der Waals surface area contributed by atoms with E-state index in [-0.39, 0.29) is 23.0 Å². The molecule has 1 aliphatic carbocycles. The molecule has 0 bridgehead atoms. The van der Waals surface area contributed by atoms with E-state index in [4.69, 9.17) is 6.58 Å². The highest BCUT2D eigenvalue weighted by Crippen LogP contribution is 2.46. The third-order valence-electron chi connectivity index (χ3n) is 14.4. The Labute approximate surface area is 383 Å². The van der Waals surface area contributed by atoms with Crippen LogP contribution in [0.5, 0.6) is 0 Å². The Hall–Kier alpha value is -4.02. The number of benzene rings is 2. The van der Waals surface area contributed by atoms with Crippen LogP contribution in [0.1, 0.15) is 163 Å². The summed E-state index contributed by atoms with van der Waals surface area (Å²) < 4.78 is 1.34. The molecule has 3 heterocycles. The van der Waals surface area contributed by atoms with Crippen LogP contribution in [0.25, 0.3) is 10.1 Å². The van der Waals surface area contributed by atoms with Gasteiger partial charge in [0.15, 0.2) is 0 Å². The van der Waals surface area contributed by atoms with Gasteiger partial charge in [-0.05, 0) is 173 Å². The van der Waals surface area contributed by atoms with Crippen molar-refractivity contribution in [2.45, 2.75) is 160 Å². The zero-order valence-electron chi connectivity index (χ0n) is 41.3. The first-order chi connectivity index (χ1) is 29.1. The van der Waals surface area contributed by atoms with Gasteiger partial charge in [0, 0.05) is 34.2 Å². The standard InChI is InChI=1S/C58H79BN2S/c1-18-26-57(14,15)28-29-58(16,17)27-21-30-60-52(31-38(4)5)50-37-61(51-35-48(39(6)19-2)44(20-3)32-42(51)9)46(34-47-41(8)23-22-40(7)43(47)10)36-59(50)54-49-33-45(56(11,12)13)24-25-53(49)62-55(54)60/h18,21,24-25,30-37,39-41H,1,4,10,19-20,22-23,26-29H2,2-3,5-9,11-17H3/b30-21+,47-34-,52-31+. The van der Waals surface area contributed by atoms with Gasteiger partial charge in [-0.1, -0.05) is 138 Å². The van der Waals surface area contributed by atoms with Crippen molar-refractivity contribution in [3.8, 4) is 0 Å². The molecule has 3 aromatic rings. The molecule has 3 aliphatic rings. The fourth-order valence-corrected chi connectivity index (χ4v) is 11.1. The highest BCUT2D eigenvalue weighted by Gasteiger charge is 2.41. The summed E-state index contributed by atoms with van der Waals surface area (Å²) in [5.41, 5.74) is 16.3. The molecule has 0 N–H and O–H groups in total. The summed E-state index contributed by atoms with van der Waals surface area (Å²) >= 11 is 1.94. The van der Waals surface area contributed by atoms with E-state index < -0.39 is 0 Å². The Bertz CT molecular complexity index is 2360. The van der Waals surface area contributed by atoms with E-state index in [1.165, 1.54) is 102 Å². The summed E-state index contributed by atoms with van der Waals surface area (Å²) in [6.07, 6.45) is 23.2. The molecular formula is C58H79BN2S. The number of hydrogen-bond donors (Lipinski definition) is 0. The lowest BCUT2D eigenvalue weighted by Gasteiger charge is -2.40. The van der Waals surface area contributed by atoms with E-state index in [9.17, 15) is 0 Å². The molecular weight excluding hydrogens is 768 g/mol. The van der Waals surface area contributed by atoms with E-state index in [1.807, 2.05) is 11.3 Å². The second-order valence-electron chi connectivity index (χ2n) is 22.0. The maximum Gasteiger partial charge on any atom is 0.245 e. The Balaban J connectivity index is 1.62. The molecule has 2 nitrogen and oxygen atoms in total. The molecule has 3 unspecified atom stereocenters. The van der Waals surface area contributed by atoms with Crippen molar-refractivity contribution >= 4 is 44.3 Å². The maximum atomic E-state index is 4.73. The highest BCUT2D eigenvalue weighted by atomic mass is 32.1. The monoisotopic (exact) mass is 847 g/mol. The first-order valence-electron chi connectivity index (χ1n) is 23.9. The molecule has 2 aliphatic heterocycles. The average Bonchev–Trinajstić information content (AvgIpc) is 3.59. The molecule has 330 valence electrons. The summed E-state index contributed by atoms with van der Waals surface area (Å²) in [5, 5.41) is 2.68. The molecule has 1 aromatic heterocycles. The van der Waals surface area contributed by atoms with E-state index in [2.05, 4.69) is 193 Å². The normalized spacial score (nSPS) is 20.5. The lowest BCUT2D eigenvalue weighted by Crippen LogP contribution is -2.46. The summed E-state index contributed by atoms with van der Waals surface area (Å²) in [7, 11) is 0. The van der Waals surface area contributed by atoms with E-state index in [1.54, 1.807) is 0 Å². The van der Waals surface area contributed by atoms with Crippen LogP contribution in [0.4, 0.5) is 10.7 Å². The summed E-state index contributed by atoms with van der Waals surface area (Å²) in [4.78, 5) is 5.06. The largest absolute Gasteiger partial charge is 0.318 e. The maximum absolute atomic E-state index is 4.73.